The highest BCUT2D eigenvalue weighted by atomic mass is 32.2. The number of hydrogen-bond donors (Lipinski definition) is 1. The van der Waals surface area contributed by atoms with E-state index in [9.17, 15) is 18.0 Å². The molecule has 0 saturated carbocycles. The van der Waals surface area contributed by atoms with Crippen molar-refractivity contribution >= 4 is 27.4 Å². The van der Waals surface area contributed by atoms with Crippen LogP contribution in [-0.2, 0) is 14.8 Å². The van der Waals surface area contributed by atoms with Gasteiger partial charge in [-0.25, -0.2) is 8.42 Å². The van der Waals surface area contributed by atoms with Crippen LogP contribution in [0, 0.1) is 5.92 Å². The fraction of sp³-hybridized carbons (Fsp3) is 0.417. The van der Waals surface area contributed by atoms with Crippen molar-refractivity contribution in [3.8, 4) is 5.75 Å². The van der Waals surface area contributed by atoms with Gasteiger partial charge in [0.25, 0.3) is 0 Å². The second-order valence-electron chi connectivity index (χ2n) is 8.37. The minimum Gasteiger partial charge on any atom is -0.495 e. The molecule has 7 nitrogen and oxygen atoms in total. The Bertz CT molecular complexity index is 1100. The normalized spacial score (nSPS) is 15.5. The largest absolute Gasteiger partial charge is 0.495 e. The van der Waals surface area contributed by atoms with Crippen LogP contribution in [0.5, 0.6) is 5.75 Å². The zero-order valence-electron chi connectivity index (χ0n) is 18.9. The van der Waals surface area contributed by atoms with Crippen molar-refractivity contribution in [1.82, 2.24) is 4.31 Å². The standard InChI is InChI=1S/C24H30N2O5S/c1-16(2)19-8-9-22(31-4)23(15-19)32(29,30)26-12-10-18(11-13-26)24(28)25-21-7-5-6-20(14-21)17(3)27/h5-9,14-16,18H,10-13H2,1-4H3,(H,25,28). The number of piperidine rings is 1. The Balaban J connectivity index is 1.70. The van der Waals surface area contributed by atoms with E-state index in [1.807, 2.05) is 19.9 Å². The van der Waals surface area contributed by atoms with Gasteiger partial charge in [-0.3, -0.25) is 9.59 Å². The van der Waals surface area contributed by atoms with Crippen LogP contribution >= 0.6 is 0 Å². The van der Waals surface area contributed by atoms with Gasteiger partial charge in [-0.15, -0.1) is 0 Å². The number of rotatable bonds is 7. The molecule has 0 aliphatic carbocycles. The number of ketones is 1. The Morgan fingerprint density at radius 3 is 2.38 bits per heavy atom. The van der Waals surface area contributed by atoms with E-state index in [1.165, 1.54) is 18.3 Å². The molecule has 1 fully saturated rings. The summed E-state index contributed by atoms with van der Waals surface area (Å²) in [6.07, 6.45) is 0.841. The molecule has 1 aliphatic rings. The van der Waals surface area contributed by atoms with E-state index in [0.29, 0.717) is 29.8 Å². The lowest BCUT2D eigenvalue weighted by atomic mass is 9.97. The molecule has 0 bridgehead atoms. The first-order valence-corrected chi connectivity index (χ1v) is 12.2. The van der Waals surface area contributed by atoms with E-state index >= 15 is 0 Å². The molecule has 172 valence electrons. The molecule has 2 aromatic carbocycles. The first-order valence-electron chi connectivity index (χ1n) is 10.7. The van der Waals surface area contributed by atoms with Crippen molar-refractivity contribution < 1.29 is 22.7 Å². The summed E-state index contributed by atoms with van der Waals surface area (Å²) in [5.74, 6) is -0.0320. The molecule has 8 heteroatoms. The third-order valence-electron chi connectivity index (χ3n) is 5.83. The van der Waals surface area contributed by atoms with Gasteiger partial charge in [-0.2, -0.15) is 4.31 Å². The number of benzene rings is 2. The molecular formula is C24H30N2O5S. The number of amides is 1. The lowest BCUT2D eigenvalue weighted by molar-refractivity contribution is -0.120. The SMILES string of the molecule is COc1ccc(C(C)C)cc1S(=O)(=O)N1CCC(C(=O)Nc2cccc(C(C)=O)c2)CC1. The van der Waals surface area contributed by atoms with Crippen molar-refractivity contribution in [2.75, 3.05) is 25.5 Å². The van der Waals surface area contributed by atoms with Crippen molar-refractivity contribution in [3.05, 3.63) is 53.6 Å². The third kappa shape index (κ3) is 5.19. The highest BCUT2D eigenvalue weighted by Crippen LogP contribution is 2.32. The van der Waals surface area contributed by atoms with Gasteiger partial charge >= 0.3 is 0 Å². The number of nitrogens with zero attached hydrogens (tertiary/aromatic N) is 1. The molecule has 32 heavy (non-hydrogen) atoms. The van der Waals surface area contributed by atoms with Crippen LogP contribution in [0.4, 0.5) is 5.69 Å². The highest BCUT2D eigenvalue weighted by molar-refractivity contribution is 7.89. The van der Waals surface area contributed by atoms with Crippen LogP contribution in [0.3, 0.4) is 0 Å². The van der Waals surface area contributed by atoms with E-state index < -0.39 is 10.0 Å². The van der Waals surface area contributed by atoms with Crippen LogP contribution in [0.15, 0.2) is 47.4 Å². The number of carbonyl (C=O) groups excluding carboxylic acids is 2. The molecule has 3 rings (SSSR count). The number of methoxy groups -OCH3 is 1. The number of ether oxygens (including phenoxy) is 1. The minimum atomic E-state index is -3.74. The van der Waals surface area contributed by atoms with Gasteiger partial charge in [0, 0.05) is 30.3 Å². The maximum absolute atomic E-state index is 13.3. The summed E-state index contributed by atoms with van der Waals surface area (Å²) in [6, 6.07) is 12.0. The van der Waals surface area contributed by atoms with E-state index in [-0.39, 0.29) is 41.5 Å². The van der Waals surface area contributed by atoms with Crippen molar-refractivity contribution in [2.24, 2.45) is 5.92 Å². The van der Waals surface area contributed by atoms with Crippen molar-refractivity contribution in [3.63, 3.8) is 0 Å². The van der Waals surface area contributed by atoms with E-state index in [0.717, 1.165) is 5.56 Å². The Kier molecular flexibility index (Phi) is 7.36. The average Bonchev–Trinajstić information content (AvgIpc) is 2.78. The summed E-state index contributed by atoms with van der Waals surface area (Å²) in [4.78, 5) is 24.4. The molecule has 1 saturated heterocycles. The van der Waals surface area contributed by atoms with Crippen molar-refractivity contribution in [2.45, 2.75) is 44.4 Å². The molecule has 1 N–H and O–H groups in total. The fourth-order valence-corrected chi connectivity index (χ4v) is 5.47. The van der Waals surface area contributed by atoms with Crippen LogP contribution in [0.2, 0.25) is 0 Å². The smallest absolute Gasteiger partial charge is 0.246 e. The molecule has 0 spiro atoms. The highest BCUT2D eigenvalue weighted by Gasteiger charge is 2.34. The molecule has 0 unspecified atom stereocenters. The van der Waals surface area contributed by atoms with Crippen molar-refractivity contribution in [1.29, 1.82) is 0 Å². The molecule has 1 heterocycles. The molecule has 1 aliphatic heterocycles. The molecule has 0 radical (unpaired) electrons. The van der Waals surface area contributed by atoms with Gasteiger partial charge in [-0.05, 0) is 55.5 Å². The van der Waals surface area contributed by atoms with E-state index in [2.05, 4.69) is 5.32 Å². The second kappa shape index (κ2) is 9.83. The maximum Gasteiger partial charge on any atom is 0.246 e. The first-order chi connectivity index (χ1) is 15.1. The monoisotopic (exact) mass is 458 g/mol. The second-order valence-corrected chi connectivity index (χ2v) is 10.3. The Morgan fingerprint density at radius 2 is 1.78 bits per heavy atom. The summed E-state index contributed by atoms with van der Waals surface area (Å²) in [6.45, 7) is 6.00. The summed E-state index contributed by atoms with van der Waals surface area (Å²) in [5, 5.41) is 2.85. The quantitative estimate of drug-likeness (QED) is 0.632. The van der Waals surface area contributed by atoms with E-state index in [4.69, 9.17) is 4.74 Å². The van der Waals surface area contributed by atoms with Gasteiger partial charge in [0.2, 0.25) is 15.9 Å². The Hall–Kier alpha value is -2.71. The number of hydrogen-bond acceptors (Lipinski definition) is 5. The zero-order valence-corrected chi connectivity index (χ0v) is 19.7. The number of anilines is 1. The molecule has 0 atom stereocenters. The van der Waals surface area contributed by atoms with Crippen LogP contribution in [0.1, 0.15) is 55.5 Å². The summed E-state index contributed by atoms with van der Waals surface area (Å²) < 4.78 is 33.4. The number of carbonyl (C=O) groups is 2. The fourth-order valence-electron chi connectivity index (χ4n) is 3.81. The number of nitrogens with one attached hydrogen (secondary N) is 1. The predicted octanol–water partition coefficient (Wildman–Crippen LogP) is 4.06. The lowest BCUT2D eigenvalue weighted by Gasteiger charge is -2.31. The first kappa shape index (κ1) is 23.9. The lowest BCUT2D eigenvalue weighted by Crippen LogP contribution is -2.41. The molecule has 1 amide bonds. The number of Topliss-reactive ketones (excluding diaryl/α,β-unsaturated/α-hetero) is 1. The molecule has 0 aromatic heterocycles. The van der Waals surface area contributed by atoms with Gasteiger partial charge in [0.05, 0.1) is 7.11 Å². The topological polar surface area (TPSA) is 92.8 Å². The van der Waals surface area contributed by atoms with Gasteiger partial charge in [0.1, 0.15) is 10.6 Å². The van der Waals surface area contributed by atoms with Gasteiger partial charge < -0.3 is 10.1 Å². The van der Waals surface area contributed by atoms with Crippen LogP contribution < -0.4 is 10.1 Å². The molecule has 2 aromatic rings. The Labute approximate surface area is 189 Å². The summed E-state index contributed by atoms with van der Waals surface area (Å²) >= 11 is 0. The zero-order chi connectivity index (χ0) is 23.5. The summed E-state index contributed by atoms with van der Waals surface area (Å²) in [7, 11) is -2.29. The summed E-state index contributed by atoms with van der Waals surface area (Å²) in [5.41, 5.74) is 2.01. The minimum absolute atomic E-state index is 0.0726. The molecular weight excluding hydrogens is 428 g/mol. The average molecular weight is 459 g/mol. The maximum atomic E-state index is 13.3. The number of sulfonamides is 1. The van der Waals surface area contributed by atoms with Gasteiger partial charge in [0.15, 0.2) is 5.78 Å². The van der Waals surface area contributed by atoms with Gasteiger partial charge in [-0.1, -0.05) is 32.0 Å². The predicted molar refractivity (Wildman–Crippen MR) is 124 cm³/mol. The Morgan fingerprint density at radius 1 is 1.09 bits per heavy atom. The van der Waals surface area contributed by atoms with E-state index in [1.54, 1.807) is 36.4 Å². The van der Waals surface area contributed by atoms with Crippen LogP contribution in [0.25, 0.3) is 0 Å². The third-order valence-corrected chi connectivity index (χ3v) is 7.75. The van der Waals surface area contributed by atoms with Crippen LogP contribution in [-0.4, -0.2) is 44.6 Å².